The first kappa shape index (κ1) is 19.2. The normalized spacial score (nSPS) is 19.7. The van der Waals surface area contributed by atoms with E-state index in [1.807, 2.05) is 6.92 Å². The summed E-state index contributed by atoms with van der Waals surface area (Å²) in [5.41, 5.74) is 2.56. The van der Waals surface area contributed by atoms with E-state index in [0.29, 0.717) is 0 Å². The lowest BCUT2D eigenvalue weighted by molar-refractivity contribution is -0.128. The topological polar surface area (TPSA) is 44.8 Å². The van der Waals surface area contributed by atoms with Gasteiger partial charge in [-0.05, 0) is 44.4 Å². The third-order valence-electron chi connectivity index (χ3n) is 5.84. The van der Waals surface area contributed by atoms with Crippen molar-refractivity contribution in [2.45, 2.75) is 58.7 Å². The number of rotatable bonds is 6. The number of piperazine rings is 1. The smallest absolute Gasteiger partial charge is 0.237 e. The summed E-state index contributed by atoms with van der Waals surface area (Å²) in [6.45, 7) is 14.0. The van der Waals surface area contributed by atoms with Crippen molar-refractivity contribution in [3.63, 3.8) is 0 Å². The lowest BCUT2D eigenvalue weighted by atomic mass is 10.0. The van der Waals surface area contributed by atoms with E-state index in [1.165, 1.54) is 11.1 Å². The van der Waals surface area contributed by atoms with Crippen LogP contribution in [0.5, 0.6) is 5.75 Å². The van der Waals surface area contributed by atoms with Gasteiger partial charge < -0.3 is 10.1 Å². The average molecular weight is 360 g/mol. The third kappa shape index (κ3) is 4.57. The van der Waals surface area contributed by atoms with Gasteiger partial charge in [0.2, 0.25) is 5.91 Å². The molecule has 1 aromatic carbocycles. The Hall–Kier alpha value is -1.59. The first-order valence-corrected chi connectivity index (χ1v) is 9.91. The van der Waals surface area contributed by atoms with Crippen molar-refractivity contribution in [3.05, 3.63) is 29.3 Å². The Labute approximate surface area is 157 Å². The Morgan fingerprint density at radius 1 is 1.27 bits per heavy atom. The highest BCUT2D eigenvalue weighted by Crippen LogP contribution is 2.26. The molecule has 0 radical (unpaired) electrons. The van der Waals surface area contributed by atoms with E-state index < -0.39 is 0 Å². The van der Waals surface area contributed by atoms with Gasteiger partial charge >= 0.3 is 0 Å². The molecule has 1 fully saturated rings. The summed E-state index contributed by atoms with van der Waals surface area (Å²) in [6, 6.07) is 6.51. The van der Waals surface area contributed by atoms with Gasteiger partial charge in [-0.2, -0.15) is 0 Å². The fourth-order valence-corrected chi connectivity index (χ4v) is 3.60. The molecule has 26 heavy (non-hydrogen) atoms. The molecule has 5 heteroatoms. The molecular weight excluding hydrogens is 326 g/mol. The van der Waals surface area contributed by atoms with Crippen molar-refractivity contribution in [1.82, 2.24) is 15.1 Å². The lowest BCUT2D eigenvalue weighted by Gasteiger charge is -2.38. The van der Waals surface area contributed by atoms with Crippen molar-refractivity contribution < 1.29 is 9.53 Å². The molecule has 0 bridgehead atoms. The number of amides is 1. The molecule has 2 aliphatic heterocycles. The highest BCUT2D eigenvalue weighted by atomic mass is 16.5. The number of carbonyl (C=O) groups is 1. The zero-order valence-electron chi connectivity index (χ0n) is 16.7. The number of nitrogens with zero attached hydrogens (tertiary/aromatic N) is 2. The molecule has 0 spiro atoms. The first-order valence-electron chi connectivity index (χ1n) is 9.91. The SMILES string of the molecule is CCC(C)(C)NC(=O)C(C)N1CCN(Cc2ccc3c(c2)CCO3)CC1. The van der Waals surface area contributed by atoms with E-state index in [2.05, 4.69) is 54.1 Å². The van der Waals surface area contributed by atoms with E-state index in [0.717, 1.165) is 57.9 Å². The minimum Gasteiger partial charge on any atom is -0.493 e. The second-order valence-electron chi connectivity index (χ2n) is 8.26. The van der Waals surface area contributed by atoms with Crippen LogP contribution in [0.3, 0.4) is 0 Å². The Morgan fingerprint density at radius 3 is 2.69 bits per heavy atom. The van der Waals surface area contributed by atoms with Gasteiger partial charge in [0, 0.05) is 44.7 Å². The summed E-state index contributed by atoms with van der Waals surface area (Å²) in [5, 5.41) is 3.17. The second kappa shape index (κ2) is 7.97. The van der Waals surface area contributed by atoms with Gasteiger partial charge in [-0.25, -0.2) is 0 Å². The fourth-order valence-electron chi connectivity index (χ4n) is 3.60. The molecule has 5 nitrogen and oxygen atoms in total. The molecule has 1 aromatic rings. The summed E-state index contributed by atoms with van der Waals surface area (Å²) >= 11 is 0. The van der Waals surface area contributed by atoms with Crippen LogP contribution >= 0.6 is 0 Å². The number of hydrogen-bond acceptors (Lipinski definition) is 4. The maximum atomic E-state index is 12.5. The predicted octanol–water partition coefficient (Wildman–Crippen LogP) is 2.43. The molecule has 1 unspecified atom stereocenters. The molecule has 0 aromatic heterocycles. The zero-order chi connectivity index (χ0) is 18.7. The molecule has 2 aliphatic rings. The summed E-state index contributed by atoms with van der Waals surface area (Å²) in [7, 11) is 0. The fraction of sp³-hybridized carbons (Fsp3) is 0.667. The van der Waals surface area contributed by atoms with Gasteiger partial charge in [-0.1, -0.05) is 19.1 Å². The summed E-state index contributed by atoms with van der Waals surface area (Å²) < 4.78 is 5.59. The van der Waals surface area contributed by atoms with Crippen LogP contribution in [0.25, 0.3) is 0 Å². The predicted molar refractivity (Wildman–Crippen MR) is 104 cm³/mol. The third-order valence-corrected chi connectivity index (χ3v) is 5.84. The standard InChI is InChI=1S/C21H33N3O2/c1-5-21(3,4)22-20(25)16(2)24-11-9-23(10-12-24)15-17-6-7-19-18(14-17)8-13-26-19/h6-7,14,16H,5,8-13,15H2,1-4H3,(H,22,25). The molecule has 1 saturated heterocycles. The zero-order valence-corrected chi connectivity index (χ0v) is 16.7. The maximum Gasteiger partial charge on any atom is 0.237 e. The first-order chi connectivity index (χ1) is 12.4. The van der Waals surface area contributed by atoms with Gasteiger partial charge in [0.05, 0.1) is 12.6 Å². The molecule has 3 rings (SSSR count). The van der Waals surface area contributed by atoms with Crippen LogP contribution in [0.15, 0.2) is 18.2 Å². The minimum absolute atomic E-state index is 0.0693. The van der Waals surface area contributed by atoms with E-state index in [-0.39, 0.29) is 17.5 Å². The van der Waals surface area contributed by atoms with Crippen LogP contribution in [0.4, 0.5) is 0 Å². The van der Waals surface area contributed by atoms with Gasteiger partial charge in [0.15, 0.2) is 0 Å². The minimum atomic E-state index is -0.134. The van der Waals surface area contributed by atoms with E-state index in [1.54, 1.807) is 0 Å². The summed E-state index contributed by atoms with van der Waals surface area (Å²) in [4.78, 5) is 17.3. The van der Waals surface area contributed by atoms with Crippen molar-refractivity contribution in [2.24, 2.45) is 0 Å². The van der Waals surface area contributed by atoms with E-state index in [9.17, 15) is 4.79 Å². The number of benzene rings is 1. The molecule has 1 atom stereocenters. The van der Waals surface area contributed by atoms with Crippen molar-refractivity contribution in [3.8, 4) is 5.75 Å². The molecule has 0 saturated carbocycles. The number of hydrogen-bond donors (Lipinski definition) is 1. The van der Waals surface area contributed by atoms with E-state index >= 15 is 0 Å². The van der Waals surface area contributed by atoms with Crippen LogP contribution < -0.4 is 10.1 Å². The highest BCUT2D eigenvalue weighted by molar-refractivity contribution is 5.82. The second-order valence-corrected chi connectivity index (χ2v) is 8.26. The van der Waals surface area contributed by atoms with Crippen LogP contribution in [-0.2, 0) is 17.8 Å². The Morgan fingerprint density at radius 2 is 2.00 bits per heavy atom. The van der Waals surface area contributed by atoms with Crippen molar-refractivity contribution in [2.75, 3.05) is 32.8 Å². The van der Waals surface area contributed by atoms with Crippen LogP contribution in [0.2, 0.25) is 0 Å². The van der Waals surface area contributed by atoms with Crippen LogP contribution in [0, 0.1) is 0 Å². The van der Waals surface area contributed by atoms with Crippen molar-refractivity contribution >= 4 is 5.91 Å². The number of ether oxygens (including phenoxy) is 1. The monoisotopic (exact) mass is 359 g/mol. The van der Waals surface area contributed by atoms with Gasteiger partial charge in [0.25, 0.3) is 0 Å². The number of carbonyl (C=O) groups excluding carboxylic acids is 1. The highest BCUT2D eigenvalue weighted by Gasteiger charge is 2.28. The van der Waals surface area contributed by atoms with Gasteiger partial charge in [0.1, 0.15) is 5.75 Å². The molecule has 1 amide bonds. The largest absolute Gasteiger partial charge is 0.493 e. The molecule has 0 aliphatic carbocycles. The summed E-state index contributed by atoms with van der Waals surface area (Å²) in [6.07, 6.45) is 1.96. The average Bonchev–Trinajstić information content (AvgIpc) is 3.09. The summed E-state index contributed by atoms with van der Waals surface area (Å²) in [5.74, 6) is 1.19. The quantitative estimate of drug-likeness (QED) is 0.847. The van der Waals surface area contributed by atoms with Gasteiger partial charge in [-0.3, -0.25) is 14.6 Å². The lowest BCUT2D eigenvalue weighted by Crippen LogP contribution is -2.56. The molecule has 1 N–H and O–H groups in total. The van der Waals surface area contributed by atoms with Crippen molar-refractivity contribution in [1.29, 1.82) is 0 Å². The van der Waals surface area contributed by atoms with Crippen LogP contribution in [0.1, 0.15) is 45.2 Å². The van der Waals surface area contributed by atoms with Crippen LogP contribution in [-0.4, -0.2) is 60.1 Å². The van der Waals surface area contributed by atoms with Gasteiger partial charge in [-0.15, -0.1) is 0 Å². The molecule has 2 heterocycles. The Bertz CT molecular complexity index is 636. The Balaban J connectivity index is 1.48. The molecule has 144 valence electrons. The Kier molecular flexibility index (Phi) is 5.88. The number of nitrogens with one attached hydrogen (secondary N) is 1. The van der Waals surface area contributed by atoms with E-state index in [4.69, 9.17) is 4.74 Å². The number of fused-ring (bicyclic) bond motifs is 1. The maximum absolute atomic E-state index is 12.5. The molecular formula is C21H33N3O2.